The summed E-state index contributed by atoms with van der Waals surface area (Å²) in [5.74, 6) is 0.122. The van der Waals surface area contributed by atoms with Crippen LogP contribution in [-0.4, -0.2) is 69.4 Å². The number of aryl methyl sites for hydroxylation is 1. The summed E-state index contributed by atoms with van der Waals surface area (Å²) in [6.45, 7) is 9.47. The Bertz CT molecular complexity index is 702. The van der Waals surface area contributed by atoms with Crippen LogP contribution in [0.3, 0.4) is 0 Å². The van der Waals surface area contributed by atoms with Gasteiger partial charge in [-0.1, -0.05) is 31.5 Å². The molecule has 1 aromatic rings. The molecule has 27 heavy (non-hydrogen) atoms. The van der Waals surface area contributed by atoms with Gasteiger partial charge in [0.05, 0.1) is 10.9 Å². The molecule has 1 saturated heterocycles. The molecule has 1 amide bonds. The van der Waals surface area contributed by atoms with Crippen LogP contribution in [0.2, 0.25) is 0 Å². The fourth-order valence-corrected chi connectivity index (χ4v) is 3.85. The third-order valence-corrected chi connectivity index (χ3v) is 6.22. The molecule has 0 spiro atoms. The molecular weight excluding hydrogens is 388 g/mol. The molecule has 1 aromatic carbocycles. The Hall–Kier alpha value is -1.19. The van der Waals surface area contributed by atoms with Crippen LogP contribution in [0.15, 0.2) is 29.2 Å². The van der Waals surface area contributed by atoms with Gasteiger partial charge in [-0.15, -0.1) is 12.4 Å². The highest BCUT2D eigenvalue weighted by molar-refractivity contribution is 7.89. The molecule has 7 nitrogen and oxygen atoms in total. The molecular formula is C18H31ClN4O3S. The van der Waals surface area contributed by atoms with Crippen molar-refractivity contribution in [2.24, 2.45) is 11.7 Å². The van der Waals surface area contributed by atoms with Crippen molar-refractivity contribution >= 4 is 28.3 Å². The number of benzene rings is 1. The number of carbonyl (C=O) groups excluding carboxylic acids is 1. The Kier molecular flexibility index (Phi) is 9.17. The van der Waals surface area contributed by atoms with E-state index < -0.39 is 16.1 Å². The lowest BCUT2D eigenvalue weighted by Gasteiger charge is -2.36. The summed E-state index contributed by atoms with van der Waals surface area (Å²) in [5, 5.41) is 0. The van der Waals surface area contributed by atoms with Gasteiger partial charge in [0.1, 0.15) is 0 Å². The predicted octanol–water partition coefficient (Wildman–Crippen LogP) is 0.823. The number of hydrogen-bond acceptors (Lipinski definition) is 5. The van der Waals surface area contributed by atoms with Gasteiger partial charge in [-0.25, -0.2) is 13.1 Å². The zero-order valence-electron chi connectivity index (χ0n) is 16.2. The van der Waals surface area contributed by atoms with Gasteiger partial charge >= 0.3 is 0 Å². The first kappa shape index (κ1) is 23.8. The molecule has 2 rings (SSSR count). The lowest BCUT2D eigenvalue weighted by Crippen LogP contribution is -2.55. The summed E-state index contributed by atoms with van der Waals surface area (Å²) in [7, 11) is -3.48. The van der Waals surface area contributed by atoms with E-state index in [1.807, 2.05) is 20.8 Å². The molecule has 0 aromatic heterocycles. The molecule has 1 fully saturated rings. The second-order valence-electron chi connectivity index (χ2n) is 7.15. The Morgan fingerprint density at radius 3 is 2.22 bits per heavy atom. The summed E-state index contributed by atoms with van der Waals surface area (Å²) in [4.78, 5) is 16.5. The smallest absolute Gasteiger partial charge is 0.240 e. The molecule has 1 heterocycles. The van der Waals surface area contributed by atoms with Gasteiger partial charge in [-0.2, -0.15) is 0 Å². The van der Waals surface area contributed by atoms with Crippen molar-refractivity contribution in [2.45, 2.75) is 31.7 Å². The average molecular weight is 419 g/mol. The largest absolute Gasteiger partial charge is 0.339 e. The fourth-order valence-electron chi connectivity index (χ4n) is 2.83. The minimum atomic E-state index is -3.48. The maximum atomic E-state index is 12.3. The van der Waals surface area contributed by atoms with Crippen LogP contribution in [0.5, 0.6) is 0 Å². The number of nitrogens with two attached hydrogens (primary N) is 1. The Morgan fingerprint density at radius 2 is 1.70 bits per heavy atom. The first-order chi connectivity index (χ1) is 12.2. The second kappa shape index (κ2) is 10.4. The molecule has 9 heteroatoms. The minimum Gasteiger partial charge on any atom is -0.339 e. The Balaban J connectivity index is 0.00000364. The topological polar surface area (TPSA) is 95.7 Å². The number of piperazine rings is 1. The van der Waals surface area contributed by atoms with Gasteiger partial charge in [0.2, 0.25) is 15.9 Å². The van der Waals surface area contributed by atoms with Crippen molar-refractivity contribution in [2.75, 3.05) is 39.3 Å². The number of halogens is 1. The summed E-state index contributed by atoms with van der Waals surface area (Å²) in [6.07, 6.45) is 0. The highest BCUT2D eigenvalue weighted by Crippen LogP contribution is 2.10. The van der Waals surface area contributed by atoms with Gasteiger partial charge in [0.15, 0.2) is 0 Å². The molecule has 1 atom stereocenters. The number of hydrogen-bond donors (Lipinski definition) is 2. The van der Waals surface area contributed by atoms with E-state index in [2.05, 4.69) is 9.62 Å². The maximum Gasteiger partial charge on any atom is 0.240 e. The van der Waals surface area contributed by atoms with Crippen LogP contribution in [-0.2, 0) is 14.8 Å². The number of amides is 1. The maximum absolute atomic E-state index is 12.3. The lowest BCUT2D eigenvalue weighted by molar-refractivity contribution is -0.135. The van der Waals surface area contributed by atoms with E-state index in [9.17, 15) is 13.2 Å². The molecule has 0 radical (unpaired) electrons. The normalized spacial score (nSPS) is 16.9. The number of sulfonamides is 1. The quantitative estimate of drug-likeness (QED) is 0.683. The van der Waals surface area contributed by atoms with E-state index in [1.54, 1.807) is 29.2 Å². The monoisotopic (exact) mass is 418 g/mol. The molecule has 0 aliphatic carbocycles. The SMILES string of the molecule is Cc1ccc(S(=O)(=O)NCCN2CCN(C(=O)[C@@H](N)C(C)C)CC2)cc1.Cl. The van der Waals surface area contributed by atoms with Gasteiger partial charge in [-0.05, 0) is 25.0 Å². The minimum absolute atomic E-state index is 0. The van der Waals surface area contributed by atoms with Gasteiger partial charge in [0.25, 0.3) is 0 Å². The van der Waals surface area contributed by atoms with E-state index >= 15 is 0 Å². The van der Waals surface area contributed by atoms with E-state index in [0.29, 0.717) is 26.2 Å². The van der Waals surface area contributed by atoms with Crippen molar-refractivity contribution < 1.29 is 13.2 Å². The summed E-state index contributed by atoms with van der Waals surface area (Å²) in [6, 6.07) is 6.34. The van der Waals surface area contributed by atoms with Crippen molar-refractivity contribution in [1.29, 1.82) is 0 Å². The van der Waals surface area contributed by atoms with Gasteiger partial charge in [0, 0.05) is 39.3 Å². The lowest BCUT2D eigenvalue weighted by atomic mass is 10.0. The van der Waals surface area contributed by atoms with Crippen molar-refractivity contribution in [3.8, 4) is 0 Å². The first-order valence-corrected chi connectivity index (χ1v) is 10.5. The van der Waals surface area contributed by atoms with Crippen molar-refractivity contribution in [3.05, 3.63) is 29.8 Å². The van der Waals surface area contributed by atoms with Crippen molar-refractivity contribution in [3.63, 3.8) is 0 Å². The number of nitrogens with one attached hydrogen (secondary N) is 1. The van der Waals surface area contributed by atoms with Gasteiger partial charge in [-0.3, -0.25) is 9.69 Å². The van der Waals surface area contributed by atoms with E-state index in [4.69, 9.17) is 5.73 Å². The zero-order chi connectivity index (χ0) is 19.3. The van der Waals surface area contributed by atoms with E-state index in [1.165, 1.54) is 0 Å². The highest BCUT2D eigenvalue weighted by Gasteiger charge is 2.26. The van der Waals surface area contributed by atoms with Crippen molar-refractivity contribution in [1.82, 2.24) is 14.5 Å². The summed E-state index contributed by atoms with van der Waals surface area (Å²) >= 11 is 0. The average Bonchev–Trinajstić information content (AvgIpc) is 2.61. The van der Waals surface area contributed by atoms with Crippen LogP contribution in [0.4, 0.5) is 0 Å². The number of nitrogens with zero attached hydrogens (tertiary/aromatic N) is 2. The Morgan fingerprint density at radius 1 is 1.15 bits per heavy atom. The zero-order valence-corrected chi connectivity index (χ0v) is 17.9. The highest BCUT2D eigenvalue weighted by atomic mass is 35.5. The molecule has 1 aliphatic rings. The fraction of sp³-hybridized carbons (Fsp3) is 0.611. The summed E-state index contributed by atoms with van der Waals surface area (Å²) in [5.41, 5.74) is 6.96. The van der Waals surface area contributed by atoms with Crippen LogP contribution in [0, 0.1) is 12.8 Å². The standard InChI is InChI=1S/C18H30N4O3S.ClH/c1-14(2)17(19)18(23)22-12-10-21(11-13-22)9-8-20-26(24,25)16-6-4-15(3)5-7-16;/h4-7,14,17,20H,8-13,19H2,1-3H3;1H/t17-;/m0./s1. The summed E-state index contributed by atoms with van der Waals surface area (Å²) < 4.78 is 27.2. The van der Waals surface area contributed by atoms with Crippen LogP contribution in [0.25, 0.3) is 0 Å². The van der Waals surface area contributed by atoms with Crippen LogP contribution >= 0.6 is 12.4 Å². The first-order valence-electron chi connectivity index (χ1n) is 9.04. The third-order valence-electron chi connectivity index (χ3n) is 4.74. The Labute approximate surface area is 168 Å². The molecule has 3 N–H and O–H groups in total. The van der Waals surface area contributed by atoms with Crippen LogP contribution < -0.4 is 10.5 Å². The molecule has 154 valence electrons. The molecule has 0 saturated carbocycles. The molecule has 0 bridgehead atoms. The van der Waals surface area contributed by atoms with Crippen LogP contribution in [0.1, 0.15) is 19.4 Å². The predicted molar refractivity (Wildman–Crippen MR) is 109 cm³/mol. The number of carbonyl (C=O) groups is 1. The van der Waals surface area contributed by atoms with Gasteiger partial charge < -0.3 is 10.6 Å². The molecule has 1 aliphatic heterocycles. The second-order valence-corrected chi connectivity index (χ2v) is 8.91. The van der Waals surface area contributed by atoms with E-state index in [0.717, 1.165) is 18.7 Å². The number of rotatable bonds is 7. The third kappa shape index (κ3) is 6.73. The van der Waals surface area contributed by atoms with E-state index in [-0.39, 0.29) is 29.1 Å². The molecule has 0 unspecified atom stereocenters.